The predicted octanol–water partition coefficient (Wildman–Crippen LogP) is 0.593. The van der Waals surface area contributed by atoms with Crippen LogP contribution in [0.2, 0.25) is 10.0 Å². The topological polar surface area (TPSA) is 278 Å². The van der Waals surface area contributed by atoms with Crippen molar-refractivity contribution in [2.24, 2.45) is 0 Å². The minimum atomic E-state index is -5.06. The Morgan fingerprint density at radius 3 is 2.04 bits per heavy atom. The van der Waals surface area contributed by atoms with Crippen molar-refractivity contribution in [1.29, 1.82) is 0 Å². The summed E-state index contributed by atoms with van der Waals surface area (Å²) in [5.74, 6) is -0.268. The lowest BCUT2D eigenvalue weighted by molar-refractivity contribution is -0.0663. The molecule has 0 bridgehead atoms. The van der Waals surface area contributed by atoms with Gasteiger partial charge in [0.15, 0.2) is 23.6 Å². The summed E-state index contributed by atoms with van der Waals surface area (Å²) in [6.45, 7) is -1.64. The summed E-state index contributed by atoms with van der Waals surface area (Å²) in [5.41, 5.74) is 5.45. The number of ether oxygens (including phenoxy) is 2. The van der Waals surface area contributed by atoms with Gasteiger partial charge in [0.1, 0.15) is 36.6 Å². The van der Waals surface area contributed by atoms with Gasteiger partial charge in [-0.3, -0.25) is 32.4 Å². The van der Waals surface area contributed by atoms with Gasteiger partial charge in [-0.1, -0.05) is 23.2 Å². The number of aliphatic hydroxyl groups is 2. The van der Waals surface area contributed by atoms with E-state index >= 15 is 0 Å². The third-order valence-electron chi connectivity index (χ3n) is 7.55. The van der Waals surface area contributed by atoms with Crippen molar-refractivity contribution in [3.63, 3.8) is 0 Å². The van der Waals surface area contributed by atoms with Crippen molar-refractivity contribution in [3.05, 3.63) is 45.2 Å². The first-order chi connectivity index (χ1) is 21.7. The van der Waals surface area contributed by atoms with Gasteiger partial charge in [-0.25, -0.2) is 19.1 Å². The van der Waals surface area contributed by atoms with E-state index in [9.17, 15) is 33.9 Å². The van der Waals surface area contributed by atoms with Crippen LogP contribution in [0.4, 0.5) is 5.95 Å². The molecule has 10 atom stereocenters. The molecule has 0 saturated carbocycles. The highest BCUT2D eigenvalue weighted by atomic mass is 35.5. The van der Waals surface area contributed by atoms with Crippen molar-refractivity contribution in [2.45, 2.75) is 49.1 Å². The van der Waals surface area contributed by atoms with E-state index in [1.54, 1.807) is 0 Å². The van der Waals surface area contributed by atoms with E-state index in [1.165, 1.54) is 23.0 Å². The van der Waals surface area contributed by atoms with Crippen LogP contribution in [0.25, 0.3) is 22.2 Å². The SMILES string of the molecule is Nc1nc2c(ncn2C2OC3COP(=O)(O)OC4C(COP(=O)(O)OC3C2O)OC(n2cnc3cc(Cl)c(Cl)cc32)C4O)c(=O)[nH]1. The van der Waals surface area contributed by atoms with E-state index in [4.69, 9.17) is 56.5 Å². The summed E-state index contributed by atoms with van der Waals surface area (Å²) >= 11 is 12.2. The summed E-state index contributed by atoms with van der Waals surface area (Å²) in [7, 11) is -10.1. The molecule has 46 heavy (non-hydrogen) atoms. The average Bonchev–Trinajstić information content (AvgIpc) is 3.72. The monoisotopic (exact) mass is 725 g/mol. The van der Waals surface area contributed by atoms with Gasteiger partial charge in [0.25, 0.3) is 5.56 Å². The number of H-pyrrole nitrogens is 1. The number of anilines is 1. The van der Waals surface area contributed by atoms with Gasteiger partial charge >= 0.3 is 15.6 Å². The Labute approximate surface area is 265 Å². The molecule has 0 aliphatic carbocycles. The molecule has 6 heterocycles. The molecule has 7 N–H and O–H groups in total. The number of halogens is 2. The van der Waals surface area contributed by atoms with Crippen LogP contribution in [0.1, 0.15) is 12.5 Å². The zero-order valence-electron chi connectivity index (χ0n) is 22.8. The third-order valence-corrected chi connectivity index (χ3v) is 10.2. The molecule has 3 aliphatic rings. The van der Waals surface area contributed by atoms with Crippen molar-refractivity contribution in [2.75, 3.05) is 18.9 Å². The second-order valence-electron chi connectivity index (χ2n) is 10.5. The summed E-state index contributed by atoms with van der Waals surface area (Å²) in [6, 6.07) is 2.95. The Balaban J connectivity index is 1.17. The second kappa shape index (κ2) is 11.6. The normalized spacial score (nSPS) is 37.2. The average molecular weight is 726 g/mol. The van der Waals surface area contributed by atoms with Crippen LogP contribution in [-0.4, -0.2) is 98.9 Å². The number of nitrogens with zero attached hydrogens (tertiary/aromatic N) is 5. The van der Waals surface area contributed by atoms with Gasteiger partial charge in [0.05, 0.1) is 46.9 Å². The van der Waals surface area contributed by atoms with Crippen LogP contribution in [-0.2, 0) is 36.7 Å². The van der Waals surface area contributed by atoms with Gasteiger partial charge < -0.3 is 39.8 Å². The first-order valence-corrected chi connectivity index (χ1v) is 17.0. The first kappa shape index (κ1) is 32.0. The Morgan fingerprint density at radius 1 is 0.891 bits per heavy atom. The number of phosphoric acid groups is 2. The van der Waals surface area contributed by atoms with Gasteiger partial charge in [-0.05, 0) is 12.1 Å². The first-order valence-electron chi connectivity index (χ1n) is 13.2. The molecule has 10 unspecified atom stereocenters. The Kier molecular flexibility index (Phi) is 8.06. The van der Waals surface area contributed by atoms with Crippen LogP contribution in [0, 0.1) is 0 Å². The molecule has 7 rings (SSSR count). The standard InChI is InChI=1S/C22H23Cl2N7O13P2/c23-7-1-9-10(2-8(7)24)30(5-26-9)20-14(32)16-11(41-20)3-39-46(37,38)44-17-12(4-40-45(35,36)43-16)42-21(15(17)33)31-6-27-13-18(31)28-22(25)29-19(13)34/h1-2,5-6,11-12,14-17,20-21,32-33H,3-4H2,(H,35,36)(H,37,38)(H3,25,28,29,34). The summed E-state index contributed by atoms with van der Waals surface area (Å²) < 4.78 is 61.2. The molecule has 3 aromatic heterocycles. The van der Waals surface area contributed by atoms with Gasteiger partial charge in [0, 0.05) is 0 Å². The van der Waals surface area contributed by atoms with E-state index in [0.29, 0.717) is 11.0 Å². The van der Waals surface area contributed by atoms with Crippen molar-refractivity contribution in [1.82, 2.24) is 29.1 Å². The fourth-order valence-corrected chi connectivity index (χ4v) is 7.73. The summed E-state index contributed by atoms with van der Waals surface area (Å²) in [5, 5.41) is 22.7. The largest absolute Gasteiger partial charge is 0.472 e. The molecule has 3 fully saturated rings. The fraction of sp³-hybridized carbons (Fsp3) is 0.455. The molecule has 1 aromatic carbocycles. The maximum atomic E-state index is 13.1. The molecule has 3 saturated heterocycles. The molecular weight excluding hydrogens is 703 g/mol. The Morgan fingerprint density at radius 2 is 1.43 bits per heavy atom. The number of phosphoric ester groups is 2. The van der Waals surface area contributed by atoms with E-state index in [0.717, 1.165) is 10.9 Å². The highest BCUT2D eigenvalue weighted by Crippen LogP contribution is 2.53. The highest BCUT2D eigenvalue weighted by Gasteiger charge is 2.54. The Bertz CT molecular complexity index is 1990. The minimum absolute atomic E-state index is 0.104. The van der Waals surface area contributed by atoms with Gasteiger partial charge in [-0.2, -0.15) is 4.98 Å². The quantitative estimate of drug-likeness (QED) is 0.154. The van der Waals surface area contributed by atoms with E-state index in [1.807, 2.05) is 0 Å². The number of aromatic nitrogens is 6. The molecule has 20 nitrogen and oxygen atoms in total. The van der Waals surface area contributed by atoms with Crippen LogP contribution in [0.15, 0.2) is 29.6 Å². The summed E-state index contributed by atoms with van der Waals surface area (Å²) in [4.78, 5) is 47.9. The van der Waals surface area contributed by atoms with Gasteiger partial charge in [0.2, 0.25) is 5.95 Å². The molecular formula is C22H23Cl2N7O13P2. The number of hydrogen-bond donors (Lipinski definition) is 6. The van der Waals surface area contributed by atoms with Crippen LogP contribution in [0.5, 0.6) is 0 Å². The van der Waals surface area contributed by atoms with E-state index in [-0.39, 0.29) is 27.2 Å². The number of nitrogens with two attached hydrogens (primary N) is 1. The zero-order chi connectivity index (χ0) is 32.7. The summed E-state index contributed by atoms with van der Waals surface area (Å²) in [6.07, 6.45) is -10.1. The smallest absolute Gasteiger partial charge is 0.386 e. The number of nitrogen functional groups attached to an aromatic ring is 1. The zero-order valence-corrected chi connectivity index (χ0v) is 26.1. The van der Waals surface area contributed by atoms with Gasteiger partial charge in [-0.15, -0.1) is 0 Å². The van der Waals surface area contributed by atoms with Crippen molar-refractivity contribution < 1.29 is 56.7 Å². The maximum Gasteiger partial charge on any atom is 0.472 e. The number of fused-ring (bicyclic) bond motifs is 4. The highest BCUT2D eigenvalue weighted by molar-refractivity contribution is 7.47. The number of benzene rings is 1. The minimum Gasteiger partial charge on any atom is -0.386 e. The lowest BCUT2D eigenvalue weighted by Crippen LogP contribution is -2.39. The third kappa shape index (κ3) is 5.67. The predicted molar refractivity (Wildman–Crippen MR) is 153 cm³/mol. The fourth-order valence-electron chi connectivity index (χ4n) is 5.49. The molecule has 248 valence electrons. The lowest BCUT2D eigenvalue weighted by Gasteiger charge is -2.27. The number of rotatable bonds is 2. The Hall–Kier alpha value is -2.52. The number of aromatic amines is 1. The van der Waals surface area contributed by atoms with Crippen LogP contribution >= 0.6 is 38.8 Å². The number of hydrogen-bond acceptors (Lipinski definition) is 15. The number of aliphatic hydroxyl groups excluding tert-OH is 2. The second-order valence-corrected chi connectivity index (χ2v) is 14.1. The molecule has 0 radical (unpaired) electrons. The molecule has 24 heteroatoms. The van der Waals surface area contributed by atoms with E-state index in [2.05, 4.69) is 19.9 Å². The lowest BCUT2D eigenvalue weighted by atomic mass is 10.1. The molecule has 0 amide bonds. The van der Waals surface area contributed by atoms with Crippen LogP contribution in [0.3, 0.4) is 0 Å². The maximum absolute atomic E-state index is 13.1. The van der Waals surface area contributed by atoms with E-state index < -0.39 is 83.5 Å². The molecule has 3 aliphatic heterocycles. The van der Waals surface area contributed by atoms with Crippen molar-refractivity contribution in [3.8, 4) is 0 Å². The number of nitrogens with one attached hydrogen (secondary N) is 1. The number of imidazole rings is 2. The molecule has 0 spiro atoms. The molecule has 4 aromatic rings. The van der Waals surface area contributed by atoms with Crippen molar-refractivity contribution >= 4 is 67.0 Å². The van der Waals surface area contributed by atoms with Crippen LogP contribution < -0.4 is 11.3 Å².